The minimum atomic E-state index is 0.305. The van der Waals surface area contributed by atoms with Gasteiger partial charge in [-0.15, -0.1) is 0 Å². The van der Waals surface area contributed by atoms with Crippen LogP contribution in [0.2, 0.25) is 0 Å². The molecule has 1 N–H and O–H groups in total. The van der Waals surface area contributed by atoms with E-state index in [9.17, 15) is 0 Å². The molecule has 118 valence electrons. The van der Waals surface area contributed by atoms with Gasteiger partial charge in [0.1, 0.15) is 11.9 Å². The first-order valence-electron chi connectivity index (χ1n) is 8.56. The highest BCUT2D eigenvalue weighted by molar-refractivity contribution is 5.36. The molecule has 2 unspecified atom stereocenters. The molecule has 0 amide bonds. The Bertz CT molecular complexity index is 441. The predicted octanol–water partition coefficient (Wildman–Crippen LogP) is 4.81. The van der Waals surface area contributed by atoms with Gasteiger partial charge in [0.05, 0.1) is 0 Å². The maximum atomic E-state index is 6.35. The van der Waals surface area contributed by atoms with Gasteiger partial charge in [-0.05, 0) is 62.4 Å². The molecule has 1 aromatic rings. The van der Waals surface area contributed by atoms with E-state index >= 15 is 0 Å². The molecular formula is C19H31NO. The summed E-state index contributed by atoms with van der Waals surface area (Å²) in [6, 6.07) is 7.07. The van der Waals surface area contributed by atoms with Gasteiger partial charge in [0.2, 0.25) is 0 Å². The highest BCUT2D eigenvalue weighted by Gasteiger charge is 2.23. The van der Waals surface area contributed by atoms with Crippen molar-refractivity contribution in [2.45, 2.75) is 77.4 Å². The van der Waals surface area contributed by atoms with E-state index in [1.807, 2.05) is 0 Å². The van der Waals surface area contributed by atoms with E-state index in [-0.39, 0.29) is 0 Å². The lowest BCUT2D eigenvalue weighted by Crippen LogP contribution is -2.41. The molecule has 2 heteroatoms. The molecule has 21 heavy (non-hydrogen) atoms. The molecule has 1 aliphatic carbocycles. The Hall–Kier alpha value is -1.02. The van der Waals surface area contributed by atoms with E-state index in [4.69, 9.17) is 4.74 Å². The topological polar surface area (TPSA) is 21.3 Å². The second-order valence-electron chi connectivity index (χ2n) is 6.72. The number of likely N-dealkylation sites (N-methyl/N-ethyl adjacent to an activating group) is 1. The highest BCUT2D eigenvalue weighted by atomic mass is 16.5. The molecule has 0 spiro atoms. The molecule has 1 saturated carbocycles. The van der Waals surface area contributed by atoms with Crippen molar-refractivity contribution in [2.24, 2.45) is 0 Å². The van der Waals surface area contributed by atoms with Gasteiger partial charge in [0, 0.05) is 6.04 Å². The van der Waals surface area contributed by atoms with E-state index in [1.165, 1.54) is 43.2 Å². The van der Waals surface area contributed by atoms with Crippen molar-refractivity contribution in [1.82, 2.24) is 5.32 Å². The molecule has 2 nitrogen and oxygen atoms in total. The zero-order valence-electron chi connectivity index (χ0n) is 14.1. The fourth-order valence-corrected chi connectivity index (χ4v) is 3.47. The summed E-state index contributed by atoms with van der Waals surface area (Å²) >= 11 is 0. The van der Waals surface area contributed by atoms with Crippen molar-refractivity contribution in [1.29, 1.82) is 0 Å². The van der Waals surface area contributed by atoms with Crippen LogP contribution in [0.15, 0.2) is 18.2 Å². The molecule has 1 aliphatic rings. The Kier molecular flexibility index (Phi) is 6.10. The minimum Gasteiger partial charge on any atom is -0.489 e. The first-order valence-corrected chi connectivity index (χ1v) is 8.56. The zero-order valence-corrected chi connectivity index (χ0v) is 14.1. The average molecular weight is 289 g/mol. The van der Waals surface area contributed by atoms with Crippen molar-refractivity contribution in [3.63, 3.8) is 0 Å². The molecule has 2 atom stereocenters. The van der Waals surface area contributed by atoms with Crippen LogP contribution in [0.25, 0.3) is 0 Å². The number of aryl methyl sites for hydroxylation is 1. The van der Waals surface area contributed by atoms with E-state index in [0.717, 1.165) is 12.2 Å². The number of nitrogens with one attached hydrogen (secondary N) is 1. The second kappa shape index (κ2) is 7.84. The van der Waals surface area contributed by atoms with Crippen molar-refractivity contribution in [3.8, 4) is 5.75 Å². The molecule has 2 rings (SSSR count). The van der Waals surface area contributed by atoms with Gasteiger partial charge in [-0.3, -0.25) is 0 Å². The van der Waals surface area contributed by atoms with Crippen molar-refractivity contribution >= 4 is 0 Å². The van der Waals surface area contributed by atoms with Crippen molar-refractivity contribution < 1.29 is 4.74 Å². The van der Waals surface area contributed by atoms with E-state index in [2.05, 4.69) is 51.3 Å². The number of benzene rings is 1. The second-order valence-corrected chi connectivity index (χ2v) is 6.72. The van der Waals surface area contributed by atoms with Crippen LogP contribution in [0.4, 0.5) is 0 Å². The maximum Gasteiger partial charge on any atom is 0.120 e. The molecule has 0 heterocycles. The van der Waals surface area contributed by atoms with Gasteiger partial charge in [-0.1, -0.05) is 39.2 Å². The Labute approximate surface area is 130 Å². The summed E-state index contributed by atoms with van der Waals surface area (Å²) in [7, 11) is 2.07. The molecule has 0 bridgehead atoms. The van der Waals surface area contributed by atoms with Crippen molar-refractivity contribution in [3.05, 3.63) is 29.3 Å². The molecule has 1 aromatic carbocycles. The SMILES string of the molecule is CNC1CCCCCCC1Oc1ccc(C(C)C)c(C)c1. The van der Waals surface area contributed by atoms with Gasteiger partial charge in [0.15, 0.2) is 0 Å². The van der Waals surface area contributed by atoms with E-state index < -0.39 is 0 Å². The third kappa shape index (κ3) is 4.47. The molecule has 0 radical (unpaired) electrons. The van der Waals surface area contributed by atoms with Crippen LogP contribution in [0, 0.1) is 6.92 Å². The summed E-state index contributed by atoms with van der Waals surface area (Å²) in [6.45, 7) is 6.68. The summed E-state index contributed by atoms with van der Waals surface area (Å²) in [5.74, 6) is 1.60. The Morgan fingerprint density at radius 1 is 1.10 bits per heavy atom. The average Bonchev–Trinajstić information content (AvgIpc) is 2.42. The first-order chi connectivity index (χ1) is 10.1. The molecule has 0 aromatic heterocycles. The lowest BCUT2D eigenvalue weighted by molar-refractivity contribution is 0.131. The van der Waals surface area contributed by atoms with E-state index in [1.54, 1.807) is 0 Å². The smallest absolute Gasteiger partial charge is 0.120 e. The molecule has 1 fully saturated rings. The summed E-state index contributed by atoms with van der Waals surface area (Å²) in [5, 5.41) is 3.46. The Morgan fingerprint density at radius 2 is 1.81 bits per heavy atom. The summed E-state index contributed by atoms with van der Waals surface area (Å²) in [5.41, 5.74) is 2.76. The van der Waals surface area contributed by atoms with Crippen LogP contribution in [-0.2, 0) is 0 Å². The summed E-state index contributed by atoms with van der Waals surface area (Å²) in [4.78, 5) is 0. The minimum absolute atomic E-state index is 0.305. The molecule has 0 aliphatic heterocycles. The third-order valence-corrected chi connectivity index (χ3v) is 4.72. The molecule has 0 saturated heterocycles. The third-order valence-electron chi connectivity index (χ3n) is 4.72. The number of rotatable bonds is 4. The fraction of sp³-hybridized carbons (Fsp3) is 0.684. The normalized spacial score (nSPS) is 23.7. The number of hydrogen-bond donors (Lipinski definition) is 1. The lowest BCUT2D eigenvalue weighted by atomic mass is 9.94. The molecular weight excluding hydrogens is 258 g/mol. The van der Waals surface area contributed by atoms with E-state index in [0.29, 0.717) is 18.1 Å². The van der Waals surface area contributed by atoms with Gasteiger partial charge >= 0.3 is 0 Å². The highest BCUT2D eigenvalue weighted by Crippen LogP contribution is 2.27. The zero-order chi connectivity index (χ0) is 15.2. The number of ether oxygens (including phenoxy) is 1. The summed E-state index contributed by atoms with van der Waals surface area (Å²) in [6.07, 6.45) is 8.01. The van der Waals surface area contributed by atoms with Crippen LogP contribution in [-0.4, -0.2) is 19.2 Å². The Morgan fingerprint density at radius 3 is 2.43 bits per heavy atom. The van der Waals surface area contributed by atoms with Crippen LogP contribution >= 0.6 is 0 Å². The Balaban J connectivity index is 2.09. The lowest BCUT2D eigenvalue weighted by Gasteiger charge is -2.30. The summed E-state index contributed by atoms with van der Waals surface area (Å²) < 4.78 is 6.35. The standard InChI is InChI=1S/C19H31NO/c1-14(2)17-12-11-16(13-15(17)3)21-19-10-8-6-5-7-9-18(19)20-4/h11-14,18-20H,5-10H2,1-4H3. The van der Waals surface area contributed by atoms with Crippen LogP contribution in [0.5, 0.6) is 5.75 Å². The predicted molar refractivity (Wildman–Crippen MR) is 90.2 cm³/mol. The van der Waals surface area contributed by atoms with Crippen LogP contribution < -0.4 is 10.1 Å². The maximum absolute atomic E-state index is 6.35. The van der Waals surface area contributed by atoms with Gasteiger partial charge in [0.25, 0.3) is 0 Å². The fourth-order valence-electron chi connectivity index (χ4n) is 3.47. The first kappa shape index (κ1) is 16.4. The largest absolute Gasteiger partial charge is 0.489 e. The monoisotopic (exact) mass is 289 g/mol. The van der Waals surface area contributed by atoms with Gasteiger partial charge < -0.3 is 10.1 Å². The van der Waals surface area contributed by atoms with Gasteiger partial charge in [-0.2, -0.15) is 0 Å². The van der Waals surface area contributed by atoms with Crippen LogP contribution in [0.3, 0.4) is 0 Å². The van der Waals surface area contributed by atoms with Crippen molar-refractivity contribution in [2.75, 3.05) is 7.05 Å². The van der Waals surface area contributed by atoms with Gasteiger partial charge in [-0.25, -0.2) is 0 Å². The quantitative estimate of drug-likeness (QED) is 0.859. The van der Waals surface area contributed by atoms with Crippen LogP contribution in [0.1, 0.15) is 69.4 Å². The number of hydrogen-bond acceptors (Lipinski definition) is 2.